The van der Waals surface area contributed by atoms with Gasteiger partial charge in [0.05, 0.1) is 46.8 Å². The summed E-state index contributed by atoms with van der Waals surface area (Å²) in [4.78, 5) is 0. The Balaban J connectivity index is 1.56. The molecule has 4 rings (SSSR count). The van der Waals surface area contributed by atoms with Crippen molar-refractivity contribution < 1.29 is 28.8 Å². The van der Waals surface area contributed by atoms with Crippen LogP contribution in [0.1, 0.15) is 23.3 Å². The third kappa shape index (κ3) is 3.09. The van der Waals surface area contributed by atoms with Gasteiger partial charge in [-0.1, -0.05) is 12.1 Å². The minimum atomic E-state index is -0.100. The highest BCUT2D eigenvalue weighted by Gasteiger charge is 2.48. The quantitative estimate of drug-likeness (QED) is 0.867. The molecule has 0 bridgehead atoms. The molecule has 27 heavy (non-hydrogen) atoms. The van der Waals surface area contributed by atoms with E-state index in [1.54, 1.807) is 26.4 Å². The molecule has 0 aliphatic carbocycles. The zero-order valence-corrected chi connectivity index (χ0v) is 15.7. The highest BCUT2D eigenvalue weighted by Crippen LogP contribution is 2.51. The summed E-state index contributed by atoms with van der Waals surface area (Å²) >= 11 is 0. The average Bonchev–Trinajstić information content (AvgIpc) is 3.29. The van der Waals surface area contributed by atoms with Gasteiger partial charge in [0, 0.05) is 11.8 Å². The van der Waals surface area contributed by atoms with Crippen LogP contribution in [0.15, 0.2) is 36.4 Å². The molecule has 0 aromatic heterocycles. The SMILES string of the molecule is COc1ccc([C@@H]2OCC3C2CO[C@@H]3c2ccc(OC)c(OC)c2)cc1O. The molecule has 2 aliphatic heterocycles. The highest BCUT2D eigenvalue weighted by atomic mass is 16.5. The van der Waals surface area contributed by atoms with Crippen LogP contribution in [0.5, 0.6) is 23.0 Å². The topological polar surface area (TPSA) is 66.4 Å². The molecule has 0 spiro atoms. The molecule has 6 heteroatoms. The maximum absolute atomic E-state index is 10.1. The molecule has 2 aromatic rings. The highest BCUT2D eigenvalue weighted by molar-refractivity contribution is 5.45. The fourth-order valence-corrected chi connectivity index (χ4v) is 4.15. The van der Waals surface area contributed by atoms with Gasteiger partial charge in [0.25, 0.3) is 0 Å². The lowest BCUT2D eigenvalue weighted by atomic mass is 9.85. The second kappa shape index (κ2) is 7.29. The Morgan fingerprint density at radius 3 is 1.78 bits per heavy atom. The summed E-state index contributed by atoms with van der Waals surface area (Å²) in [5.41, 5.74) is 2.00. The van der Waals surface area contributed by atoms with E-state index in [1.807, 2.05) is 24.3 Å². The minimum Gasteiger partial charge on any atom is -0.504 e. The van der Waals surface area contributed by atoms with Gasteiger partial charge in [-0.25, -0.2) is 0 Å². The third-order valence-electron chi connectivity index (χ3n) is 5.53. The smallest absolute Gasteiger partial charge is 0.161 e. The van der Waals surface area contributed by atoms with Crippen LogP contribution in [0.4, 0.5) is 0 Å². The Labute approximate surface area is 158 Å². The summed E-state index contributed by atoms with van der Waals surface area (Å²) in [6.45, 7) is 1.22. The standard InChI is InChI=1S/C21H24O6/c1-23-17-6-4-12(8-16(17)22)20-14-10-27-21(15(14)11-26-20)13-5-7-18(24-2)19(9-13)25-3/h4-9,14-15,20-22H,10-11H2,1-3H3/t14?,15?,20-,21+/m0/s1. The van der Waals surface area contributed by atoms with Gasteiger partial charge in [0.2, 0.25) is 0 Å². The van der Waals surface area contributed by atoms with E-state index in [1.165, 1.54) is 7.11 Å². The lowest BCUT2D eigenvalue weighted by Crippen LogP contribution is -2.14. The van der Waals surface area contributed by atoms with Crippen LogP contribution in [0.25, 0.3) is 0 Å². The number of phenolic OH excluding ortho intramolecular Hbond substituents is 1. The van der Waals surface area contributed by atoms with Crippen molar-refractivity contribution in [2.24, 2.45) is 11.8 Å². The van der Waals surface area contributed by atoms with E-state index >= 15 is 0 Å². The monoisotopic (exact) mass is 372 g/mol. The number of rotatable bonds is 5. The maximum Gasteiger partial charge on any atom is 0.161 e. The van der Waals surface area contributed by atoms with Crippen molar-refractivity contribution >= 4 is 0 Å². The summed E-state index contributed by atoms with van der Waals surface area (Å²) in [7, 11) is 4.79. The summed E-state index contributed by atoms with van der Waals surface area (Å²) in [5, 5.41) is 10.1. The number of hydrogen-bond donors (Lipinski definition) is 1. The van der Waals surface area contributed by atoms with Crippen LogP contribution >= 0.6 is 0 Å². The van der Waals surface area contributed by atoms with Gasteiger partial charge >= 0.3 is 0 Å². The first kappa shape index (κ1) is 17.9. The van der Waals surface area contributed by atoms with E-state index in [-0.39, 0.29) is 29.8 Å². The Kier molecular flexibility index (Phi) is 4.85. The molecule has 1 N–H and O–H groups in total. The average molecular weight is 372 g/mol. The lowest BCUT2D eigenvalue weighted by molar-refractivity contribution is 0.0191. The molecular weight excluding hydrogens is 348 g/mol. The van der Waals surface area contributed by atoms with Gasteiger partial charge in [-0.2, -0.15) is 0 Å². The van der Waals surface area contributed by atoms with Crippen molar-refractivity contribution in [3.63, 3.8) is 0 Å². The molecule has 6 nitrogen and oxygen atoms in total. The number of methoxy groups -OCH3 is 3. The first-order valence-electron chi connectivity index (χ1n) is 8.98. The normalized spacial score (nSPS) is 26.6. The first-order chi connectivity index (χ1) is 13.2. The third-order valence-corrected chi connectivity index (χ3v) is 5.53. The van der Waals surface area contributed by atoms with Gasteiger partial charge in [0.1, 0.15) is 0 Å². The second-order valence-electron chi connectivity index (χ2n) is 6.88. The van der Waals surface area contributed by atoms with Crippen molar-refractivity contribution in [2.75, 3.05) is 34.5 Å². The minimum absolute atomic E-state index is 0.0494. The van der Waals surface area contributed by atoms with Gasteiger partial charge < -0.3 is 28.8 Å². The molecule has 2 aliphatic rings. The molecular formula is C21H24O6. The second-order valence-corrected chi connectivity index (χ2v) is 6.88. The van der Waals surface area contributed by atoms with Crippen LogP contribution in [0, 0.1) is 11.8 Å². The lowest BCUT2D eigenvalue weighted by Gasteiger charge is -2.18. The van der Waals surface area contributed by atoms with E-state index < -0.39 is 0 Å². The fourth-order valence-electron chi connectivity index (χ4n) is 4.15. The van der Waals surface area contributed by atoms with Crippen LogP contribution in [-0.4, -0.2) is 39.6 Å². The zero-order valence-electron chi connectivity index (χ0n) is 15.7. The summed E-state index contributed by atoms with van der Waals surface area (Å²) in [6, 6.07) is 11.3. The summed E-state index contributed by atoms with van der Waals surface area (Å²) in [6.07, 6.45) is -0.149. The van der Waals surface area contributed by atoms with Crippen molar-refractivity contribution in [3.8, 4) is 23.0 Å². The molecule has 2 unspecified atom stereocenters. The predicted molar refractivity (Wildman–Crippen MR) is 98.6 cm³/mol. The molecule has 0 saturated carbocycles. The van der Waals surface area contributed by atoms with E-state index in [0.717, 1.165) is 11.1 Å². The van der Waals surface area contributed by atoms with Gasteiger partial charge in [-0.05, 0) is 35.4 Å². The number of benzene rings is 2. The van der Waals surface area contributed by atoms with Gasteiger partial charge in [-0.3, -0.25) is 0 Å². The van der Waals surface area contributed by atoms with Crippen LogP contribution in [-0.2, 0) is 9.47 Å². The van der Waals surface area contributed by atoms with Crippen LogP contribution in [0.3, 0.4) is 0 Å². The number of aromatic hydroxyl groups is 1. The van der Waals surface area contributed by atoms with Crippen molar-refractivity contribution in [1.29, 1.82) is 0 Å². The Morgan fingerprint density at radius 1 is 0.741 bits per heavy atom. The van der Waals surface area contributed by atoms with Crippen LogP contribution < -0.4 is 14.2 Å². The summed E-state index contributed by atoms with van der Waals surface area (Å²) < 4.78 is 28.1. The molecule has 2 aromatic carbocycles. The first-order valence-corrected chi connectivity index (χ1v) is 8.98. The molecule has 2 fully saturated rings. The summed E-state index contributed by atoms with van der Waals surface area (Å²) in [5.74, 6) is 2.45. The van der Waals surface area contributed by atoms with Gasteiger partial charge in [-0.15, -0.1) is 0 Å². The largest absolute Gasteiger partial charge is 0.504 e. The number of phenols is 1. The molecule has 0 amide bonds. The maximum atomic E-state index is 10.1. The van der Waals surface area contributed by atoms with E-state index in [0.29, 0.717) is 30.5 Å². The zero-order chi connectivity index (χ0) is 19.0. The van der Waals surface area contributed by atoms with E-state index in [2.05, 4.69) is 0 Å². The number of fused-ring (bicyclic) bond motifs is 1. The molecule has 2 heterocycles. The van der Waals surface area contributed by atoms with Crippen molar-refractivity contribution in [3.05, 3.63) is 47.5 Å². The molecule has 0 radical (unpaired) electrons. The Morgan fingerprint density at radius 2 is 1.26 bits per heavy atom. The predicted octanol–water partition coefficient (Wildman–Crippen LogP) is 3.49. The van der Waals surface area contributed by atoms with Crippen LogP contribution in [0.2, 0.25) is 0 Å². The van der Waals surface area contributed by atoms with E-state index in [4.69, 9.17) is 23.7 Å². The number of hydrogen-bond acceptors (Lipinski definition) is 6. The van der Waals surface area contributed by atoms with E-state index in [9.17, 15) is 5.11 Å². The molecule has 144 valence electrons. The fraction of sp³-hybridized carbons (Fsp3) is 0.429. The Hall–Kier alpha value is -2.44. The molecule has 4 atom stereocenters. The Bertz CT molecular complexity index is 820. The molecule has 2 saturated heterocycles. The van der Waals surface area contributed by atoms with Crippen molar-refractivity contribution in [2.45, 2.75) is 12.2 Å². The number of ether oxygens (including phenoxy) is 5. The van der Waals surface area contributed by atoms with Crippen molar-refractivity contribution in [1.82, 2.24) is 0 Å². The van der Waals surface area contributed by atoms with Gasteiger partial charge in [0.15, 0.2) is 23.0 Å².